The number of nitrogens with one attached hydrogen (secondary N) is 1. The topological polar surface area (TPSA) is 44.1 Å². The fraction of sp³-hybridized carbons (Fsp3) is 0.222. The molecule has 62 valence electrons. The molecule has 1 aromatic carbocycles. The molecule has 0 aromatic heterocycles. The molecule has 1 aromatic rings. The van der Waals surface area contributed by atoms with Crippen LogP contribution in [0.5, 0.6) is 0 Å². The SMILES string of the molecule is CO.[B]CC(=N)c1ccccc1. The third-order valence-electron chi connectivity index (χ3n) is 1.33. The molecule has 1 rings (SSSR count). The van der Waals surface area contributed by atoms with Crippen molar-refractivity contribution in [1.82, 2.24) is 0 Å². The molecule has 0 spiro atoms. The van der Waals surface area contributed by atoms with Gasteiger partial charge in [-0.1, -0.05) is 30.3 Å². The predicted molar refractivity (Wildman–Crippen MR) is 52.0 cm³/mol. The van der Waals surface area contributed by atoms with Gasteiger partial charge in [-0.05, 0) is 11.9 Å². The molecular formula is C9H12BNO. The van der Waals surface area contributed by atoms with E-state index in [9.17, 15) is 0 Å². The summed E-state index contributed by atoms with van der Waals surface area (Å²) in [5.74, 6) is 0. The Morgan fingerprint density at radius 1 is 1.33 bits per heavy atom. The van der Waals surface area contributed by atoms with E-state index < -0.39 is 0 Å². The van der Waals surface area contributed by atoms with Crippen LogP contribution in [-0.4, -0.2) is 25.8 Å². The van der Waals surface area contributed by atoms with E-state index in [-0.39, 0.29) is 0 Å². The molecule has 0 unspecified atom stereocenters. The smallest absolute Gasteiger partial charge is 0.0737 e. The van der Waals surface area contributed by atoms with Crippen LogP contribution in [0.3, 0.4) is 0 Å². The van der Waals surface area contributed by atoms with Gasteiger partial charge in [0, 0.05) is 12.8 Å². The zero-order valence-electron chi connectivity index (χ0n) is 7.12. The summed E-state index contributed by atoms with van der Waals surface area (Å²) in [7, 11) is 6.28. The van der Waals surface area contributed by atoms with E-state index in [4.69, 9.17) is 18.4 Å². The first-order valence-electron chi connectivity index (χ1n) is 3.62. The lowest BCUT2D eigenvalue weighted by molar-refractivity contribution is 0.399. The zero-order valence-corrected chi connectivity index (χ0v) is 7.12. The van der Waals surface area contributed by atoms with Gasteiger partial charge in [-0.3, -0.25) is 0 Å². The fourth-order valence-corrected chi connectivity index (χ4v) is 0.757. The summed E-state index contributed by atoms with van der Waals surface area (Å²) in [6.45, 7) is 0. The monoisotopic (exact) mass is 161 g/mol. The third-order valence-corrected chi connectivity index (χ3v) is 1.33. The van der Waals surface area contributed by atoms with Crippen LogP contribution >= 0.6 is 0 Å². The van der Waals surface area contributed by atoms with E-state index in [2.05, 4.69) is 0 Å². The van der Waals surface area contributed by atoms with Crippen molar-refractivity contribution in [3.05, 3.63) is 35.9 Å². The van der Waals surface area contributed by atoms with Crippen LogP contribution in [0.15, 0.2) is 30.3 Å². The molecule has 3 heteroatoms. The van der Waals surface area contributed by atoms with Gasteiger partial charge < -0.3 is 10.5 Å². The van der Waals surface area contributed by atoms with Crippen molar-refractivity contribution in [2.75, 3.05) is 7.11 Å². The molecule has 0 heterocycles. The first-order chi connectivity index (χ1) is 5.84. The van der Waals surface area contributed by atoms with Crippen LogP contribution in [0.4, 0.5) is 0 Å². The van der Waals surface area contributed by atoms with Crippen LogP contribution in [0.25, 0.3) is 0 Å². The highest BCUT2D eigenvalue weighted by molar-refractivity contribution is 6.24. The maximum absolute atomic E-state index is 7.35. The number of rotatable bonds is 2. The van der Waals surface area contributed by atoms with Crippen molar-refractivity contribution in [1.29, 1.82) is 5.41 Å². The second-order valence-electron chi connectivity index (χ2n) is 2.05. The van der Waals surface area contributed by atoms with Gasteiger partial charge in [-0.15, -0.1) is 0 Å². The second kappa shape index (κ2) is 6.61. The first-order valence-corrected chi connectivity index (χ1v) is 3.62. The average Bonchev–Trinajstić information content (AvgIpc) is 2.21. The van der Waals surface area contributed by atoms with Crippen LogP contribution in [-0.2, 0) is 0 Å². The number of aliphatic hydroxyl groups excluding tert-OH is 1. The second-order valence-corrected chi connectivity index (χ2v) is 2.05. The highest BCUT2D eigenvalue weighted by Gasteiger charge is 1.93. The summed E-state index contributed by atoms with van der Waals surface area (Å²) >= 11 is 0. The molecule has 0 atom stereocenters. The molecule has 12 heavy (non-hydrogen) atoms. The molecule has 2 N–H and O–H groups in total. The lowest BCUT2D eigenvalue weighted by Gasteiger charge is -1.97. The Bertz CT molecular complexity index is 223. The van der Waals surface area contributed by atoms with Gasteiger partial charge in [-0.2, -0.15) is 0 Å². The molecular weight excluding hydrogens is 149 g/mol. The van der Waals surface area contributed by atoms with Gasteiger partial charge in [-0.25, -0.2) is 0 Å². The van der Waals surface area contributed by atoms with Crippen LogP contribution < -0.4 is 0 Å². The van der Waals surface area contributed by atoms with Crippen LogP contribution in [0.2, 0.25) is 6.32 Å². The normalized spacial score (nSPS) is 8.17. The van der Waals surface area contributed by atoms with E-state index in [1.54, 1.807) is 0 Å². The lowest BCUT2D eigenvalue weighted by Crippen LogP contribution is -1.95. The molecule has 0 saturated carbocycles. The van der Waals surface area contributed by atoms with E-state index in [1.807, 2.05) is 30.3 Å². The Kier molecular flexibility index (Phi) is 6.02. The Balaban J connectivity index is 0.000000561. The molecule has 2 nitrogen and oxygen atoms in total. The van der Waals surface area contributed by atoms with E-state index in [0.717, 1.165) is 12.7 Å². The van der Waals surface area contributed by atoms with Gasteiger partial charge in [0.05, 0.1) is 7.85 Å². The molecule has 0 fully saturated rings. The fourth-order valence-electron chi connectivity index (χ4n) is 0.757. The van der Waals surface area contributed by atoms with E-state index in [1.165, 1.54) is 0 Å². The largest absolute Gasteiger partial charge is 0.400 e. The van der Waals surface area contributed by atoms with Crippen molar-refractivity contribution in [3.8, 4) is 0 Å². The molecule has 0 aliphatic heterocycles. The Labute approximate surface area is 74.2 Å². The van der Waals surface area contributed by atoms with Crippen molar-refractivity contribution in [2.24, 2.45) is 0 Å². The zero-order chi connectivity index (χ0) is 9.40. The Morgan fingerprint density at radius 3 is 2.25 bits per heavy atom. The van der Waals surface area contributed by atoms with Crippen LogP contribution in [0.1, 0.15) is 5.56 Å². The maximum atomic E-state index is 7.35. The van der Waals surface area contributed by atoms with Crippen LogP contribution in [0, 0.1) is 5.41 Å². The third kappa shape index (κ3) is 3.35. The number of aliphatic hydroxyl groups is 1. The van der Waals surface area contributed by atoms with Gasteiger partial charge in [0.2, 0.25) is 0 Å². The first kappa shape index (κ1) is 10.9. The molecule has 0 aliphatic rings. The highest BCUT2D eigenvalue weighted by Crippen LogP contribution is 2.00. The standard InChI is InChI=1S/C8H8BN.CH4O/c9-6-8(10)7-4-2-1-3-5-7;1-2/h1-5,10H,6H2;2H,1H3. The summed E-state index contributed by atoms with van der Waals surface area (Å²) in [5, 5.41) is 14.4. The Morgan fingerprint density at radius 2 is 1.83 bits per heavy atom. The summed E-state index contributed by atoms with van der Waals surface area (Å²) in [6.07, 6.45) is 0.310. The molecule has 0 amide bonds. The van der Waals surface area contributed by atoms with Gasteiger partial charge in [0.15, 0.2) is 0 Å². The lowest BCUT2D eigenvalue weighted by atomic mass is 9.95. The van der Waals surface area contributed by atoms with Gasteiger partial charge in [0.1, 0.15) is 0 Å². The number of hydrogen-bond donors (Lipinski definition) is 2. The van der Waals surface area contributed by atoms with E-state index >= 15 is 0 Å². The number of benzene rings is 1. The summed E-state index contributed by atoms with van der Waals surface area (Å²) < 4.78 is 0. The minimum absolute atomic E-state index is 0.310. The average molecular weight is 161 g/mol. The summed E-state index contributed by atoms with van der Waals surface area (Å²) in [5.41, 5.74) is 1.39. The van der Waals surface area contributed by atoms with Crippen molar-refractivity contribution >= 4 is 13.6 Å². The molecule has 0 bridgehead atoms. The molecule has 2 radical (unpaired) electrons. The van der Waals surface area contributed by atoms with Crippen molar-refractivity contribution in [3.63, 3.8) is 0 Å². The predicted octanol–water partition coefficient (Wildman–Crippen LogP) is 1.25. The molecule has 0 saturated heterocycles. The number of hydrogen-bond acceptors (Lipinski definition) is 2. The minimum atomic E-state index is 0.310. The quantitative estimate of drug-likeness (QED) is 0.497. The van der Waals surface area contributed by atoms with Gasteiger partial charge >= 0.3 is 0 Å². The summed E-state index contributed by atoms with van der Waals surface area (Å²) in [6, 6.07) is 9.50. The summed E-state index contributed by atoms with van der Waals surface area (Å²) in [4.78, 5) is 0. The molecule has 0 aliphatic carbocycles. The van der Waals surface area contributed by atoms with Crippen molar-refractivity contribution in [2.45, 2.75) is 6.32 Å². The Hall–Kier alpha value is -1.09. The van der Waals surface area contributed by atoms with Crippen molar-refractivity contribution < 1.29 is 5.11 Å². The minimum Gasteiger partial charge on any atom is -0.400 e. The highest BCUT2D eigenvalue weighted by atomic mass is 16.2. The van der Waals surface area contributed by atoms with Gasteiger partial charge in [0.25, 0.3) is 0 Å². The maximum Gasteiger partial charge on any atom is 0.0737 e. The van der Waals surface area contributed by atoms with E-state index in [0.29, 0.717) is 12.0 Å².